The van der Waals surface area contributed by atoms with E-state index in [1.54, 1.807) is 12.4 Å². The molecule has 0 aliphatic rings. The van der Waals surface area contributed by atoms with E-state index in [1.165, 1.54) is 0 Å². The molecule has 0 aliphatic heterocycles. The normalized spacial score (nSPS) is 11.1. The van der Waals surface area contributed by atoms with E-state index in [-0.39, 0.29) is 0 Å². The third kappa shape index (κ3) is 3.04. The molecule has 0 atom stereocenters. The van der Waals surface area contributed by atoms with Crippen molar-refractivity contribution < 1.29 is 0 Å². The first kappa shape index (κ1) is 14.7. The van der Waals surface area contributed by atoms with Crippen LogP contribution in [0.2, 0.25) is 0 Å². The minimum absolute atomic E-state index is 0.352. The second kappa shape index (κ2) is 6.13. The van der Waals surface area contributed by atoms with Gasteiger partial charge in [0.2, 0.25) is 0 Å². The van der Waals surface area contributed by atoms with Crippen molar-refractivity contribution in [2.75, 3.05) is 5.32 Å². The fourth-order valence-electron chi connectivity index (χ4n) is 2.38. The van der Waals surface area contributed by atoms with Gasteiger partial charge in [0.15, 0.2) is 5.11 Å². The SMILES string of the molecule is CC(C)N(C(=S)Nc1cccc2cnncc12)C(C)C. The van der Waals surface area contributed by atoms with Crippen molar-refractivity contribution in [2.45, 2.75) is 39.8 Å². The lowest BCUT2D eigenvalue weighted by atomic mass is 10.1. The van der Waals surface area contributed by atoms with Crippen molar-refractivity contribution in [2.24, 2.45) is 0 Å². The van der Waals surface area contributed by atoms with E-state index in [0.29, 0.717) is 12.1 Å². The first-order chi connectivity index (χ1) is 9.50. The van der Waals surface area contributed by atoms with Crippen LogP contribution in [-0.2, 0) is 0 Å². The largest absolute Gasteiger partial charge is 0.344 e. The Kier molecular flexibility index (Phi) is 4.49. The molecule has 1 aromatic heterocycles. The molecule has 20 heavy (non-hydrogen) atoms. The summed E-state index contributed by atoms with van der Waals surface area (Å²) in [5.74, 6) is 0. The molecule has 0 unspecified atom stereocenters. The van der Waals surface area contributed by atoms with Gasteiger partial charge in [0.1, 0.15) is 0 Å². The predicted molar refractivity (Wildman–Crippen MR) is 87.9 cm³/mol. The summed E-state index contributed by atoms with van der Waals surface area (Å²) in [5, 5.41) is 14.0. The van der Waals surface area contributed by atoms with Crippen LogP contribution >= 0.6 is 12.2 Å². The molecule has 0 fully saturated rings. The molecular weight excluding hydrogens is 268 g/mol. The lowest BCUT2D eigenvalue weighted by molar-refractivity contribution is 0.297. The average molecular weight is 288 g/mol. The highest BCUT2D eigenvalue weighted by atomic mass is 32.1. The highest BCUT2D eigenvalue weighted by molar-refractivity contribution is 7.80. The van der Waals surface area contributed by atoms with Crippen LogP contribution < -0.4 is 5.32 Å². The second-order valence-corrected chi connectivity index (χ2v) is 5.71. The molecule has 2 aromatic rings. The number of hydrogen-bond donors (Lipinski definition) is 1. The predicted octanol–water partition coefficient (Wildman–Crippen LogP) is 3.45. The summed E-state index contributed by atoms with van der Waals surface area (Å²) >= 11 is 5.55. The number of nitrogens with one attached hydrogen (secondary N) is 1. The smallest absolute Gasteiger partial charge is 0.173 e. The van der Waals surface area contributed by atoms with Gasteiger partial charge in [-0.2, -0.15) is 10.2 Å². The summed E-state index contributed by atoms with van der Waals surface area (Å²) in [6, 6.07) is 6.72. The number of fused-ring (bicyclic) bond motifs is 1. The van der Waals surface area contributed by atoms with Crippen molar-refractivity contribution >= 4 is 33.8 Å². The molecule has 0 aliphatic carbocycles. The lowest BCUT2D eigenvalue weighted by Crippen LogP contribution is -2.44. The highest BCUT2D eigenvalue weighted by Gasteiger charge is 2.17. The molecule has 5 heteroatoms. The molecule has 1 aromatic carbocycles. The number of hydrogen-bond acceptors (Lipinski definition) is 3. The summed E-state index contributed by atoms with van der Waals surface area (Å²) in [5.41, 5.74) is 0.966. The number of thiocarbonyl (C=S) groups is 1. The van der Waals surface area contributed by atoms with Crippen molar-refractivity contribution in [3.05, 3.63) is 30.6 Å². The Balaban J connectivity index is 2.30. The van der Waals surface area contributed by atoms with Crippen LogP contribution in [0.4, 0.5) is 5.69 Å². The number of benzene rings is 1. The molecule has 106 valence electrons. The van der Waals surface area contributed by atoms with Gasteiger partial charge in [-0.25, -0.2) is 0 Å². The molecule has 2 rings (SSSR count). The molecule has 0 amide bonds. The zero-order valence-corrected chi connectivity index (χ0v) is 13.1. The molecule has 1 N–H and O–H groups in total. The van der Waals surface area contributed by atoms with E-state index in [9.17, 15) is 0 Å². The molecule has 0 saturated heterocycles. The summed E-state index contributed by atoms with van der Waals surface area (Å²) in [6.45, 7) is 8.57. The number of nitrogens with zero attached hydrogens (tertiary/aromatic N) is 3. The van der Waals surface area contributed by atoms with Gasteiger partial charge < -0.3 is 10.2 Å². The van der Waals surface area contributed by atoms with E-state index >= 15 is 0 Å². The van der Waals surface area contributed by atoms with E-state index in [2.05, 4.69) is 48.1 Å². The quantitative estimate of drug-likeness (QED) is 0.876. The molecule has 0 spiro atoms. The zero-order chi connectivity index (χ0) is 14.7. The first-order valence-electron chi connectivity index (χ1n) is 6.79. The Morgan fingerprint density at radius 3 is 2.40 bits per heavy atom. The zero-order valence-electron chi connectivity index (χ0n) is 12.3. The van der Waals surface area contributed by atoms with Gasteiger partial charge >= 0.3 is 0 Å². The van der Waals surface area contributed by atoms with Crippen molar-refractivity contribution in [1.29, 1.82) is 0 Å². The van der Waals surface area contributed by atoms with Crippen LogP contribution in [0.3, 0.4) is 0 Å². The maximum atomic E-state index is 5.55. The molecule has 0 radical (unpaired) electrons. The fraction of sp³-hybridized carbons (Fsp3) is 0.400. The molecule has 0 saturated carbocycles. The van der Waals surface area contributed by atoms with Crippen LogP contribution in [0, 0.1) is 0 Å². The summed E-state index contributed by atoms with van der Waals surface area (Å²) in [6.07, 6.45) is 3.52. The van der Waals surface area contributed by atoms with Crippen LogP contribution in [0.25, 0.3) is 10.8 Å². The van der Waals surface area contributed by atoms with Crippen LogP contribution in [0.1, 0.15) is 27.7 Å². The third-order valence-electron chi connectivity index (χ3n) is 3.18. The van der Waals surface area contributed by atoms with E-state index in [1.807, 2.05) is 18.2 Å². The Morgan fingerprint density at radius 2 is 1.75 bits per heavy atom. The molecule has 1 heterocycles. The van der Waals surface area contributed by atoms with Gasteiger partial charge in [-0.1, -0.05) is 12.1 Å². The Bertz CT molecular complexity index is 596. The van der Waals surface area contributed by atoms with Gasteiger partial charge in [0, 0.05) is 28.5 Å². The summed E-state index contributed by atoms with van der Waals surface area (Å²) < 4.78 is 0. The minimum Gasteiger partial charge on any atom is -0.344 e. The maximum absolute atomic E-state index is 5.55. The van der Waals surface area contributed by atoms with Crippen molar-refractivity contribution in [1.82, 2.24) is 15.1 Å². The van der Waals surface area contributed by atoms with Gasteiger partial charge in [-0.15, -0.1) is 0 Å². The van der Waals surface area contributed by atoms with E-state index in [4.69, 9.17) is 12.2 Å². The highest BCUT2D eigenvalue weighted by Crippen LogP contribution is 2.22. The molecule has 4 nitrogen and oxygen atoms in total. The lowest BCUT2D eigenvalue weighted by Gasteiger charge is -2.33. The van der Waals surface area contributed by atoms with Gasteiger partial charge in [-0.3, -0.25) is 0 Å². The second-order valence-electron chi connectivity index (χ2n) is 5.32. The Morgan fingerprint density at radius 1 is 1.10 bits per heavy atom. The van der Waals surface area contributed by atoms with Crippen LogP contribution in [0.15, 0.2) is 30.6 Å². The van der Waals surface area contributed by atoms with Gasteiger partial charge in [0.25, 0.3) is 0 Å². The maximum Gasteiger partial charge on any atom is 0.173 e. The monoisotopic (exact) mass is 288 g/mol. The van der Waals surface area contributed by atoms with Crippen molar-refractivity contribution in [3.63, 3.8) is 0 Å². The first-order valence-corrected chi connectivity index (χ1v) is 7.20. The molecular formula is C15H20N4S. The topological polar surface area (TPSA) is 41.0 Å². The Labute approximate surface area is 125 Å². The standard InChI is InChI=1S/C15H20N4S/c1-10(2)19(11(3)4)15(20)18-14-7-5-6-12-8-16-17-9-13(12)14/h5-11H,1-4H3,(H,18,20). The van der Waals surface area contributed by atoms with E-state index < -0.39 is 0 Å². The fourth-order valence-corrected chi connectivity index (χ4v) is 2.91. The van der Waals surface area contributed by atoms with Gasteiger partial charge in [-0.05, 0) is 46.0 Å². The average Bonchev–Trinajstić information content (AvgIpc) is 2.38. The van der Waals surface area contributed by atoms with Gasteiger partial charge in [0.05, 0.1) is 12.4 Å². The number of rotatable bonds is 3. The van der Waals surface area contributed by atoms with Crippen LogP contribution in [-0.4, -0.2) is 32.3 Å². The van der Waals surface area contributed by atoms with E-state index in [0.717, 1.165) is 21.6 Å². The molecule has 0 bridgehead atoms. The van der Waals surface area contributed by atoms with Crippen LogP contribution in [0.5, 0.6) is 0 Å². The number of aromatic nitrogens is 2. The summed E-state index contributed by atoms with van der Waals surface area (Å²) in [7, 11) is 0. The third-order valence-corrected chi connectivity index (χ3v) is 3.49. The van der Waals surface area contributed by atoms with Crippen molar-refractivity contribution in [3.8, 4) is 0 Å². The summed E-state index contributed by atoms with van der Waals surface area (Å²) in [4.78, 5) is 2.18. The Hall–Kier alpha value is -1.75. The minimum atomic E-state index is 0.352. The number of anilines is 1.